The summed E-state index contributed by atoms with van der Waals surface area (Å²) < 4.78 is 55.6. The van der Waals surface area contributed by atoms with E-state index in [2.05, 4.69) is 4.74 Å². The molecule has 1 aromatic carbocycles. The molecule has 1 fully saturated rings. The van der Waals surface area contributed by atoms with Crippen LogP contribution in [0.4, 0.5) is 13.2 Å². The second-order valence-corrected chi connectivity index (χ2v) is 3.48. The molecule has 0 saturated carbocycles. The van der Waals surface area contributed by atoms with Crippen LogP contribution in [0.15, 0.2) is 24.3 Å². The number of para-hydroxylation sites is 2. The van der Waals surface area contributed by atoms with E-state index in [0.717, 1.165) is 0 Å². The average molecular weight is 264 g/mol. The molecule has 100 valence electrons. The molecule has 4 nitrogen and oxygen atoms in total. The molecule has 0 aliphatic carbocycles. The first kappa shape index (κ1) is 13.0. The van der Waals surface area contributed by atoms with Gasteiger partial charge in [-0.25, -0.2) is 0 Å². The van der Waals surface area contributed by atoms with Crippen LogP contribution in [0.25, 0.3) is 0 Å². The molecule has 0 spiro atoms. The molecule has 0 amide bonds. The van der Waals surface area contributed by atoms with Crippen LogP contribution in [-0.4, -0.2) is 32.5 Å². The lowest BCUT2D eigenvalue weighted by Crippen LogP contribution is -2.20. The van der Waals surface area contributed by atoms with E-state index < -0.39 is 12.7 Å². The minimum atomic E-state index is -4.75. The molecule has 1 aromatic rings. The third-order valence-corrected chi connectivity index (χ3v) is 2.14. The monoisotopic (exact) mass is 264 g/mol. The van der Waals surface area contributed by atoms with Crippen LogP contribution >= 0.6 is 0 Å². The molecule has 2 rings (SSSR count). The summed E-state index contributed by atoms with van der Waals surface area (Å²) in [7, 11) is 0. The first-order valence-corrected chi connectivity index (χ1v) is 5.25. The maximum absolute atomic E-state index is 12.1. The van der Waals surface area contributed by atoms with Crippen molar-refractivity contribution >= 4 is 0 Å². The van der Waals surface area contributed by atoms with Crippen LogP contribution < -0.4 is 9.47 Å². The number of hydrogen-bond donors (Lipinski definition) is 0. The Morgan fingerprint density at radius 1 is 1.11 bits per heavy atom. The van der Waals surface area contributed by atoms with Gasteiger partial charge in [0.1, 0.15) is 6.61 Å². The van der Waals surface area contributed by atoms with Crippen LogP contribution in [0.5, 0.6) is 11.5 Å². The highest BCUT2D eigenvalue weighted by Gasteiger charge is 2.32. The predicted octanol–water partition coefficient (Wildman–Crippen LogP) is 2.34. The quantitative estimate of drug-likeness (QED) is 0.836. The summed E-state index contributed by atoms with van der Waals surface area (Å²) in [4.78, 5) is 0. The van der Waals surface area contributed by atoms with Crippen molar-refractivity contribution in [3.63, 3.8) is 0 Å². The number of alkyl halides is 3. The lowest BCUT2D eigenvalue weighted by Gasteiger charge is -2.15. The van der Waals surface area contributed by atoms with Gasteiger partial charge in [-0.05, 0) is 12.1 Å². The predicted molar refractivity (Wildman–Crippen MR) is 54.3 cm³/mol. The van der Waals surface area contributed by atoms with Gasteiger partial charge in [-0.15, -0.1) is 13.2 Å². The van der Waals surface area contributed by atoms with Crippen molar-refractivity contribution in [2.24, 2.45) is 0 Å². The molecule has 0 atom stereocenters. The topological polar surface area (TPSA) is 36.9 Å². The van der Waals surface area contributed by atoms with E-state index in [1.807, 2.05) is 0 Å². The molecule has 7 heteroatoms. The van der Waals surface area contributed by atoms with Crippen molar-refractivity contribution in [1.29, 1.82) is 0 Å². The van der Waals surface area contributed by atoms with E-state index >= 15 is 0 Å². The molecule has 0 radical (unpaired) electrons. The van der Waals surface area contributed by atoms with Gasteiger partial charge in [-0.2, -0.15) is 0 Å². The van der Waals surface area contributed by atoms with Gasteiger partial charge in [0, 0.05) is 0 Å². The Kier molecular flexibility index (Phi) is 3.93. The van der Waals surface area contributed by atoms with Gasteiger partial charge in [0.25, 0.3) is 0 Å². The second-order valence-electron chi connectivity index (χ2n) is 3.48. The zero-order valence-electron chi connectivity index (χ0n) is 9.27. The Bertz CT molecular complexity index is 388. The van der Waals surface area contributed by atoms with E-state index in [1.165, 1.54) is 18.2 Å². The molecule has 0 unspecified atom stereocenters. The summed E-state index contributed by atoms with van der Waals surface area (Å²) in [6.07, 6.45) is -5.30. The molecule has 1 saturated heterocycles. The van der Waals surface area contributed by atoms with E-state index in [0.29, 0.717) is 13.2 Å². The van der Waals surface area contributed by atoms with Gasteiger partial charge in [-0.3, -0.25) is 0 Å². The fourth-order valence-corrected chi connectivity index (χ4v) is 1.44. The summed E-state index contributed by atoms with van der Waals surface area (Å²) in [6.45, 7) is 0.918. The van der Waals surface area contributed by atoms with Crippen molar-refractivity contribution in [1.82, 2.24) is 0 Å². The number of rotatable bonds is 4. The van der Waals surface area contributed by atoms with Crippen molar-refractivity contribution in [2.75, 3.05) is 19.8 Å². The van der Waals surface area contributed by atoms with E-state index in [-0.39, 0.29) is 18.1 Å². The third kappa shape index (κ3) is 3.78. The van der Waals surface area contributed by atoms with E-state index in [1.54, 1.807) is 6.07 Å². The zero-order valence-corrected chi connectivity index (χ0v) is 9.27. The van der Waals surface area contributed by atoms with Crippen LogP contribution in [-0.2, 0) is 9.47 Å². The molecule has 18 heavy (non-hydrogen) atoms. The molecule has 0 N–H and O–H groups in total. The molecule has 1 heterocycles. The number of halogens is 3. The summed E-state index contributed by atoms with van der Waals surface area (Å²) in [5.41, 5.74) is 0. The smallest absolute Gasteiger partial charge is 0.484 e. The van der Waals surface area contributed by atoms with Gasteiger partial charge in [0.2, 0.25) is 0 Å². The first-order chi connectivity index (χ1) is 8.54. The fourth-order valence-electron chi connectivity index (χ4n) is 1.44. The number of hydrogen-bond acceptors (Lipinski definition) is 4. The number of ether oxygens (including phenoxy) is 4. The van der Waals surface area contributed by atoms with Crippen LogP contribution in [0.3, 0.4) is 0 Å². The second kappa shape index (κ2) is 5.45. The Labute approximate surface area is 101 Å². The van der Waals surface area contributed by atoms with Crippen LogP contribution in [0.1, 0.15) is 0 Å². The van der Waals surface area contributed by atoms with Crippen LogP contribution in [0, 0.1) is 0 Å². The molecule has 0 bridgehead atoms. The van der Waals surface area contributed by atoms with Gasteiger partial charge in [0.15, 0.2) is 17.8 Å². The Morgan fingerprint density at radius 2 is 1.72 bits per heavy atom. The third-order valence-electron chi connectivity index (χ3n) is 2.14. The Morgan fingerprint density at radius 3 is 2.33 bits per heavy atom. The summed E-state index contributed by atoms with van der Waals surface area (Å²) in [5, 5.41) is 0. The Balaban J connectivity index is 1.98. The minimum absolute atomic E-state index is 0.00562. The molecule has 1 aliphatic heterocycles. The standard InChI is InChI=1S/C11H11F3O4/c12-11(13,14)18-9-4-2-1-3-8(9)17-7-10-15-5-6-16-10/h1-4,10H,5-7H2. The molecular formula is C11H11F3O4. The zero-order chi connectivity index (χ0) is 13.0. The average Bonchev–Trinajstić information content (AvgIpc) is 2.79. The van der Waals surface area contributed by atoms with E-state index in [4.69, 9.17) is 14.2 Å². The lowest BCUT2D eigenvalue weighted by atomic mass is 10.3. The minimum Gasteiger partial charge on any atom is -0.484 e. The maximum Gasteiger partial charge on any atom is 0.573 e. The van der Waals surface area contributed by atoms with E-state index in [9.17, 15) is 13.2 Å². The fraction of sp³-hybridized carbons (Fsp3) is 0.455. The van der Waals surface area contributed by atoms with Gasteiger partial charge < -0.3 is 18.9 Å². The summed E-state index contributed by atoms with van der Waals surface area (Å²) >= 11 is 0. The largest absolute Gasteiger partial charge is 0.573 e. The van der Waals surface area contributed by atoms with Crippen molar-refractivity contribution < 1.29 is 32.1 Å². The highest BCUT2D eigenvalue weighted by atomic mass is 19.4. The van der Waals surface area contributed by atoms with Crippen molar-refractivity contribution in [2.45, 2.75) is 12.7 Å². The SMILES string of the molecule is FC(F)(F)Oc1ccccc1OCC1OCCO1. The normalized spacial score (nSPS) is 16.8. The Hall–Kier alpha value is -1.47. The maximum atomic E-state index is 12.1. The summed E-state index contributed by atoms with van der Waals surface area (Å²) in [6, 6.07) is 5.54. The highest BCUT2D eigenvalue weighted by molar-refractivity contribution is 5.39. The van der Waals surface area contributed by atoms with Gasteiger partial charge >= 0.3 is 6.36 Å². The molecular weight excluding hydrogens is 253 g/mol. The van der Waals surface area contributed by atoms with Gasteiger partial charge in [-0.1, -0.05) is 12.1 Å². The van der Waals surface area contributed by atoms with Crippen molar-refractivity contribution in [3.05, 3.63) is 24.3 Å². The summed E-state index contributed by atoms with van der Waals surface area (Å²) in [5.74, 6) is -0.392. The number of benzene rings is 1. The van der Waals surface area contributed by atoms with Crippen molar-refractivity contribution in [3.8, 4) is 11.5 Å². The molecule has 1 aliphatic rings. The van der Waals surface area contributed by atoms with Crippen LogP contribution in [0.2, 0.25) is 0 Å². The van der Waals surface area contributed by atoms with Gasteiger partial charge in [0.05, 0.1) is 13.2 Å². The highest BCUT2D eigenvalue weighted by Crippen LogP contribution is 2.31. The lowest BCUT2D eigenvalue weighted by molar-refractivity contribution is -0.275. The first-order valence-electron chi connectivity index (χ1n) is 5.25. The molecule has 0 aromatic heterocycles.